The fourth-order valence-electron chi connectivity index (χ4n) is 2.02. The van der Waals surface area contributed by atoms with Gasteiger partial charge in [-0.05, 0) is 46.3 Å². The van der Waals surface area contributed by atoms with E-state index in [0.29, 0.717) is 21.9 Å². The van der Waals surface area contributed by atoms with Gasteiger partial charge in [0.15, 0.2) is 0 Å². The highest BCUT2D eigenvalue weighted by Gasteiger charge is 2.21. The van der Waals surface area contributed by atoms with E-state index < -0.39 is 10.0 Å². The second kappa shape index (κ2) is 7.79. The Kier molecular flexibility index (Phi) is 6.22. The number of hydrogen-bond donors (Lipinski definition) is 1. The molecule has 9 heteroatoms. The largest absolute Gasteiger partial charge is 0.330 e. The van der Waals surface area contributed by atoms with Crippen LogP contribution in [0.2, 0.25) is 4.34 Å². The van der Waals surface area contributed by atoms with Crippen molar-refractivity contribution in [1.82, 2.24) is 4.90 Å². The lowest BCUT2D eigenvalue weighted by Gasteiger charge is -2.21. The third-order valence-electron chi connectivity index (χ3n) is 3.11. The molecule has 0 fully saturated rings. The molecule has 2 aromatic rings. The molecule has 0 aliphatic heterocycles. The molecule has 1 amide bonds. The second-order valence-corrected chi connectivity index (χ2v) is 9.08. The molecule has 0 atom stereocenters. The van der Waals surface area contributed by atoms with Crippen molar-refractivity contribution < 1.29 is 13.2 Å². The number of primary sulfonamides is 1. The lowest BCUT2D eigenvalue weighted by atomic mass is 10.2. The van der Waals surface area contributed by atoms with Gasteiger partial charge in [-0.15, -0.1) is 17.9 Å². The Bertz CT molecular complexity index is 881. The summed E-state index contributed by atoms with van der Waals surface area (Å²) >= 11 is 10.6. The molecule has 5 nitrogen and oxygen atoms in total. The van der Waals surface area contributed by atoms with E-state index in [0.717, 1.165) is 4.88 Å². The molecule has 1 aromatic heterocycles. The minimum Gasteiger partial charge on any atom is -0.330 e. The maximum absolute atomic E-state index is 12.8. The predicted octanol–water partition coefficient (Wildman–Crippen LogP) is 3.64. The standard InChI is InChI=1S/C15H14BrClN2O3S2/c1-2-7-19(9-10-3-6-14(17)23-10)15(20)12-8-11(24(18,21)22)4-5-13(12)16/h2-6,8H,1,7,9H2,(H2,18,21,22). The number of nitrogens with two attached hydrogens (primary N) is 1. The van der Waals surface area contributed by atoms with Crippen LogP contribution in [-0.2, 0) is 16.6 Å². The molecule has 24 heavy (non-hydrogen) atoms. The van der Waals surface area contributed by atoms with E-state index in [9.17, 15) is 13.2 Å². The average Bonchev–Trinajstić information content (AvgIpc) is 2.90. The summed E-state index contributed by atoms with van der Waals surface area (Å²) in [5.41, 5.74) is 0.214. The van der Waals surface area contributed by atoms with Crippen molar-refractivity contribution in [3.63, 3.8) is 0 Å². The summed E-state index contributed by atoms with van der Waals surface area (Å²) in [5, 5.41) is 5.14. The van der Waals surface area contributed by atoms with Crippen LogP contribution in [-0.4, -0.2) is 25.8 Å². The molecule has 0 spiro atoms. The van der Waals surface area contributed by atoms with Crippen molar-refractivity contribution in [2.45, 2.75) is 11.4 Å². The molecular formula is C15H14BrClN2O3S2. The topological polar surface area (TPSA) is 80.5 Å². The predicted molar refractivity (Wildman–Crippen MR) is 99.8 cm³/mol. The summed E-state index contributed by atoms with van der Waals surface area (Å²) in [6, 6.07) is 7.69. The number of hydrogen-bond acceptors (Lipinski definition) is 4. The van der Waals surface area contributed by atoms with Gasteiger partial charge in [-0.3, -0.25) is 4.79 Å². The zero-order valence-electron chi connectivity index (χ0n) is 12.4. The average molecular weight is 450 g/mol. The Balaban J connectivity index is 2.37. The zero-order chi connectivity index (χ0) is 17.9. The molecule has 2 N–H and O–H groups in total. The first-order chi connectivity index (χ1) is 11.2. The molecule has 0 aliphatic rings. The third kappa shape index (κ3) is 4.67. The highest BCUT2D eigenvalue weighted by atomic mass is 79.9. The van der Waals surface area contributed by atoms with Gasteiger partial charge in [0.25, 0.3) is 5.91 Å². The Labute approximate surface area is 157 Å². The number of amides is 1. The van der Waals surface area contributed by atoms with Crippen LogP contribution in [0.25, 0.3) is 0 Å². The molecule has 0 unspecified atom stereocenters. The van der Waals surface area contributed by atoms with Crippen molar-refractivity contribution in [1.29, 1.82) is 0 Å². The van der Waals surface area contributed by atoms with Gasteiger partial charge >= 0.3 is 0 Å². The van der Waals surface area contributed by atoms with E-state index in [4.69, 9.17) is 16.7 Å². The fourth-order valence-corrected chi connectivity index (χ4v) is 4.07. The van der Waals surface area contributed by atoms with Crippen LogP contribution in [0.3, 0.4) is 0 Å². The summed E-state index contributed by atoms with van der Waals surface area (Å²) in [6.07, 6.45) is 1.60. The monoisotopic (exact) mass is 448 g/mol. The number of carbonyl (C=O) groups is 1. The van der Waals surface area contributed by atoms with Gasteiger partial charge in [0, 0.05) is 15.9 Å². The first-order valence-electron chi connectivity index (χ1n) is 6.69. The van der Waals surface area contributed by atoms with Crippen molar-refractivity contribution in [3.8, 4) is 0 Å². The maximum Gasteiger partial charge on any atom is 0.255 e. The van der Waals surface area contributed by atoms with Crippen molar-refractivity contribution in [3.05, 3.63) is 62.2 Å². The molecule has 1 aromatic carbocycles. The number of sulfonamides is 1. The van der Waals surface area contributed by atoms with Crippen LogP contribution in [0.4, 0.5) is 0 Å². The molecule has 0 bridgehead atoms. The first kappa shape index (κ1) is 19.1. The normalized spacial score (nSPS) is 11.3. The van der Waals surface area contributed by atoms with Crippen LogP contribution in [0, 0.1) is 0 Å². The number of thiophene rings is 1. The molecule has 0 saturated carbocycles. The van der Waals surface area contributed by atoms with Crippen LogP contribution in [0.15, 0.2) is 52.4 Å². The number of carbonyl (C=O) groups excluding carboxylic acids is 1. The van der Waals surface area contributed by atoms with E-state index in [2.05, 4.69) is 22.5 Å². The van der Waals surface area contributed by atoms with Gasteiger partial charge in [-0.25, -0.2) is 13.6 Å². The van der Waals surface area contributed by atoms with Gasteiger partial charge in [-0.1, -0.05) is 17.7 Å². The summed E-state index contributed by atoms with van der Waals surface area (Å²) in [4.78, 5) is 15.2. The maximum atomic E-state index is 12.8. The van der Waals surface area contributed by atoms with Crippen LogP contribution < -0.4 is 5.14 Å². The van der Waals surface area contributed by atoms with E-state index in [-0.39, 0.29) is 16.4 Å². The number of nitrogens with zero attached hydrogens (tertiary/aromatic N) is 1. The van der Waals surface area contributed by atoms with E-state index in [1.165, 1.54) is 29.5 Å². The molecule has 0 aliphatic carbocycles. The van der Waals surface area contributed by atoms with Gasteiger partial charge in [0.2, 0.25) is 10.0 Å². The summed E-state index contributed by atoms with van der Waals surface area (Å²) in [7, 11) is -3.90. The molecule has 0 saturated heterocycles. The Hall–Kier alpha value is -1.19. The highest BCUT2D eigenvalue weighted by molar-refractivity contribution is 9.10. The molecule has 128 valence electrons. The number of halogens is 2. The van der Waals surface area contributed by atoms with Crippen LogP contribution in [0.1, 0.15) is 15.2 Å². The lowest BCUT2D eigenvalue weighted by molar-refractivity contribution is 0.0763. The van der Waals surface area contributed by atoms with Crippen molar-refractivity contribution in [2.75, 3.05) is 6.54 Å². The minimum atomic E-state index is -3.90. The first-order valence-corrected chi connectivity index (χ1v) is 10.2. The van der Waals surface area contributed by atoms with Crippen molar-refractivity contribution >= 4 is 54.8 Å². The molecule has 2 rings (SSSR count). The second-order valence-electron chi connectivity index (χ2n) is 4.87. The lowest BCUT2D eigenvalue weighted by Crippen LogP contribution is -2.31. The van der Waals surface area contributed by atoms with Crippen LogP contribution in [0.5, 0.6) is 0 Å². The SMILES string of the molecule is C=CCN(Cc1ccc(Cl)s1)C(=O)c1cc(S(N)(=O)=O)ccc1Br. The number of rotatable bonds is 6. The van der Waals surface area contributed by atoms with Gasteiger partial charge in [-0.2, -0.15) is 0 Å². The summed E-state index contributed by atoms with van der Waals surface area (Å²) in [5.74, 6) is -0.336. The fraction of sp³-hybridized carbons (Fsp3) is 0.133. The number of benzene rings is 1. The summed E-state index contributed by atoms with van der Waals surface area (Å²) in [6.45, 7) is 4.31. The molecule has 0 radical (unpaired) electrons. The van der Waals surface area contributed by atoms with Gasteiger partial charge in [0.1, 0.15) is 0 Å². The molecular weight excluding hydrogens is 436 g/mol. The highest BCUT2D eigenvalue weighted by Crippen LogP contribution is 2.26. The molecule has 1 heterocycles. The summed E-state index contributed by atoms with van der Waals surface area (Å²) < 4.78 is 24.2. The van der Waals surface area contributed by atoms with Crippen molar-refractivity contribution in [2.24, 2.45) is 5.14 Å². The Morgan fingerprint density at radius 2 is 2.08 bits per heavy atom. The Morgan fingerprint density at radius 1 is 1.38 bits per heavy atom. The van der Waals surface area contributed by atoms with Gasteiger partial charge in [0.05, 0.1) is 21.3 Å². The van der Waals surface area contributed by atoms with Gasteiger partial charge < -0.3 is 4.90 Å². The quantitative estimate of drug-likeness (QED) is 0.684. The van der Waals surface area contributed by atoms with E-state index in [1.807, 2.05) is 6.07 Å². The van der Waals surface area contributed by atoms with E-state index in [1.54, 1.807) is 17.0 Å². The minimum absolute atomic E-state index is 0.119. The smallest absolute Gasteiger partial charge is 0.255 e. The van der Waals surface area contributed by atoms with E-state index >= 15 is 0 Å². The Morgan fingerprint density at radius 3 is 2.62 bits per heavy atom. The third-order valence-corrected chi connectivity index (χ3v) is 5.93. The van der Waals surface area contributed by atoms with Crippen LogP contribution >= 0.6 is 38.9 Å². The zero-order valence-corrected chi connectivity index (χ0v) is 16.4.